The third kappa shape index (κ3) is 2.82. The molecule has 0 spiro atoms. The van der Waals surface area contributed by atoms with Crippen LogP contribution >= 0.6 is 15.9 Å². The molecule has 0 atom stereocenters. The van der Waals surface area contributed by atoms with Crippen LogP contribution in [0.5, 0.6) is 0 Å². The standard InChI is InChI=1S/C16H11BrFN3O/c1-10-20-15-6-5-12(17)8-14(15)16(22)21(10)19-9-11-3-2-4-13(18)7-11/h2-9H,1H3. The molecule has 0 N–H and O–H groups in total. The highest BCUT2D eigenvalue weighted by atomic mass is 79.9. The van der Waals surface area contributed by atoms with Crippen molar-refractivity contribution in [3.05, 3.63) is 74.5 Å². The van der Waals surface area contributed by atoms with Gasteiger partial charge in [0, 0.05) is 4.47 Å². The molecule has 0 unspecified atom stereocenters. The average Bonchev–Trinajstić information content (AvgIpc) is 2.48. The minimum Gasteiger partial charge on any atom is -0.267 e. The topological polar surface area (TPSA) is 47.2 Å². The van der Waals surface area contributed by atoms with Crippen molar-refractivity contribution in [3.8, 4) is 0 Å². The highest BCUT2D eigenvalue weighted by molar-refractivity contribution is 9.10. The summed E-state index contributed by atoms with van der Waals surface area (Å²) in [5.41, 5.74) is 0.917. The highest BCUT2D eigenvalue weighted by Crippen LogP contribution is 2.15. The molecule has 6 heteroatoms. The van der Waals surface area contributed by atoms with Gasteiger partial charge in [0.15, 0.2) is 0 Å². The predicted octanol–water partition coefficient (Wildman–Crippen LogP) is 3.49. The van der Waals surface area contributed by atoms with E-state index in [1.165, 1.54) is 23.0 Å². The average molecular weight is 360 g/mol. The lowest BCUT2D eigenvalue weighted by atomic mass is 10.2. The van der Waals surface area contributed by atoms with Crippen molar-refractivity contribution in [2.45, 2.75) is 6.92 Å². The maximum Gasteiger partial charge on any atom is 0.282 e. The molecular formula is C16H11BrFN3O. The fourth-order valence-corrected chi connectivity index (χ4v) is 2.47. The van der Waals surface area contributed by atoms with Gasteiger partial charge >= 0.3 is 0 Å². The molecule has 110 valence electrons. The molecule has 0 aliphatic carbocycles. The Labute approximate surface area is 134 Å². The molecule has 3 rings (SSSR count). The molecule has 1 heterocycles. The Balaban J connectivity index is 2.12. The first-order chi connectivity index (χ1) is 10.5. The summed E-state index contributed by atoms with van der Waals surface area (Å²) in [6.07, 6.45) is 1.43. The second-order valence-electron chi connectivity index (χ2n) is 4.74. The normalized spacial score (nSPS) is 11.4. The summed E-state index contributed by atoms with van der Waals surface area (Å²) >= 11 is 3.34. The van der Waals surface area contributed by atoms with Crippen molar-refractivity contribution in [3.63, 3.8) is 0 Å². The first kappa shape index (κ1) is 14.6. The number of nitrogens with zero attached hydrogens (tertiary/aromatic N) is 3. The summed E-state index contributed by atoms with van der Waals surface area (Å²) in [6.45, 7) is 1.70. The lowest BCUT2D eigenvalue weighted by Crippen LogP contribution is -2.20. The third-order valence-electron chi connectivity index (χ3n) is 3.14. The second kappa shape index (κ2) is 5.81. The zero-order valence-corrected chi connectivity index (χ0v) is 13.2. The van der Waals surface area contributed by atoms with Gasteiger partial charge in [0.2, 0.25) is 0 Å². The van der Waals surface area contributed by atoms with Gasteiger partial charge in [0.05, 0.1) is 17.1 Å². The van der Waals surface area contributed by atoms with Gasteiger partial charge in [-0.3, -0.25) is 4.79 Å². The lowest BCUT2D eigenvalue weighted by molar-refractivity contribution is 0.627. The van der Waals surface area contributed by atoms with Gasteiger partial charge in [-0.15, -0.1) is 0 Å². The third-order valence-corrected chi connectivity index (χ3v) is 3.63. The van der Waals surface area contributed by atoms with Gasteiger partial charge in [0.1, 0.15) is 11.6 Å². The highest BCUT2D eigenvalue weighted by Gasteiger charge is 2.07. The Bertz CT molecular complexity index is 950. The zero-order chi connectivity index (χ0) is 15.7. The smallest absolute Gasteiger partial charge is 0.267 e. The Morgan fingerprint density at radius 1 is 1.27 bits per heavy atom. The molecule has 0 aliphatic rings. The summed E-state index contributed by atoms with van der Waals surface area (Å²) in [6, 6.07) is 11.3. The lowest BCUT2D eigenvalue weighted by Gasteiger charge is -2.05. The van der Waals surface area contributed by atoms with Gasteiger partial charge in [-0.05, 0) is 42.8 Å². The number of rotatable bonds is 2. The van der Waals surface area contributed by atoms with Gasteiger partial charge in [-0.2, -0.15) is 9.78 Å². The predicted molar refractivity (Wildman–Crippen MR) is 87.8 cm³/mol. The molecule has 0 saturated carbocycles. The van der Waals surface area contributed by atoms with Crippen molar-refractivity contribution in [1.82, 2.24) is 9.66 Å². The van der Waals surface area contributed by atoms with Crippen LogP contribution in [0.2, 0.25) is 0 Å². The summed E-state index contributed by atoms with van der Waals surface area (Å²) < 4.78 is 15.2. The van der Waals surface area contributed by atoms with Gasteiger partial charge in [-0.25, -0.2) is 9.37 Å². The summed E-state index contributed by atoms with van der Waals surface area (Å²) in [7, 11) is 0. The van der Waals surface area contributed by atoms with E-state index in [0.717, 1.165) is 4.47 Å². The van der Waals surface area contributed by atoms with E-state index in [0.29, 0.717) is 22.3 Å². The van der Waals surface area contributed by atoms with Crippen molar-refractivity contribution < 1.29 is 4.39 Å². The van der Waals surface area contributed by atoms with Crippen LogP contribution in [0.15, 0.2) is 56.8 Å². The van der Waals surface area contributed by atoms with Crippen LogP contribution in [0.4, 0.5) is 4.39 Å². The fraction of sp³-hybridized carbons (Fsp3) is 0.0625. The molecule has 0 bridgehead atoms. The largest absolute Gasteiger partial charge is 0.282 e. The summed E-state index contributed by atoms with van der Waals surface area (Å²) in [5.74, 6) is 0.112. The van der Waals surface area contributed by atoms with Crippen molar-refractivity contribution >= 4 is 33.0 Å². The molecular weight excluding hydrogens is 349 g/mol. The molecule has 4 nitrogen and oxygen atoms in total. The van der Waals surface area contributed by atoms with Gasteiger partial charge in [-0.1, -0.05) is 28.1 Å². The molecule has 0 saturated heterocycles. The number of benzene rings is 2. The Morgan fingerprint density at radius 3 is 2.86 bits per heavy atom. The van der Waals surface area contributed by atoms with E-state index in [-0.39, 0.29) is 11.4 Å². The van der Waals surface area contributed by atoms with Crippen molar-refractivity contribution in [2.24, 2.45) is 5.10 Å². The van der Waals surface area contributed by atoms with Crippen LogP contribution < -0.4 is 5.56 Å². The van der Waals surface area contributed by atoms with E-state index < -0.39 is 0 Å². The van der Waals surface area contributed by atoms with Crippen LogP contribution in [-0.2, 0) is 0 Å². The maximum absolute atomic E-state index is 13.2. The minimum absolute atomic E-state index is 0.267. The molecule has 1 aromatic heterocycles. The summed E-state index contributed by atoms with van der Waals surface area (Å²) in [5, 5.41) is 4.60. The number of aryl methyl sites for hydroxylation is 1. The molecule has 2 aromatic carbocycles. The Morgan fingerprint density at radius 2 is 2.09 bits per heavy atom. The van der Waals surface area contributed by atoms with Gasteiger partial charge in [0.25, 0.3) is 5.56 Å². The van der Waals surface area contributed by atoms with E-state index in [1.807, 2.05) is 6.07 Å². The number of halogens is 2. The second-order valence-corrected chi connectivity index (χ2v) is 5.65. The van der Waals surface area contributed by atoms with Crippen molar-refractivity contribution in [1.29, 1.82) is 0 Å². The SMILES string of the molecule is Cc1nc2ccc(Br)cc2c(=O)n1N=Cc1cccc(F)c1. The van der Waals surface area contributed by atoms with E-state index in [4.69, 9.17) is 0 Å². The number of hydrogen-bond donors (Lipinski definition) is 0. The van der Waals surface area contributed by atoms with E-state index in [9.17, 15) is 9.18 Å². The minimum atomic E-state index is -0.353. The quantitative estimate of drug-likeness (QED) is 0.657. The van der Waals surface area contributed by atoms with Crippen LogP contribution in [0, 0.1) is 12.7 Å². The van der Waals surface area contributed by atoms with Crippen LogP contribution in [0.1, 0.15) is 11.4 Å². The van der Waals surface area contributed by atoms with E-state index in [1.54, 1.807) is 31.2 Å². The van der Waals surface area contributed by atoms with E-state index in [2.05, 4.69) is 26.0 Å². The molecule has 0 aliphatic heterocycles. The Hall–Kier alpha value is -2.34. The molecule has 0 amide bonds. The molecule has 22 heavy (non-hydrogen) atoms. The summed E-state index contributed by atoms with van der Waals surface area (Å²) in [4.78, 5) is 16.9. The molecule has 3 aromatic rings. The van der Waals surface area contributed by atoms with E-state index >= 15 is 0 Å². The van der Waals surface area contributed by atoms with Crippen LogP contribution in [0.25, 0.3) is 10.9 Å². The fourth-order valence-electron chi connectivity index (χ4n) is 2.11. The van der Waals surface area contributed by atoms with Crippen LogP contribution in [0.3, 0.4) is 0 Å². The zero-order valence-electron chi connectivity index (χ0n) is 11.6. The maximum atomic E-state index is 13.2. The van der Waals surface area contributed by atoms with Gasteiger partial charge < -0.3 is 0 Å². The monoisotopic (exact) mass is 359 g/mol. The number of hydrogen-bond acceptors (Lipinski definition) is 3. The van der Waals surface area contributed by atoms with Crippen molar-refractivity contribution in [2.75, 3.05) is 0 Å². The van der Waals surface area contributed by atoms with Crippen LogP contribution in [-0.4, -0.2) is 15.9 Å². The molecule has 0 fully saturated rings. The number of fused-ring (bicyclic) bond motifs is 1. The first-order valence-corrected chi connectivity index (χ1v) is 7.33. The Kier molecular flexibility index (Phi) is 3.85. The molecule has 0 radical (unpaired) electrons. The first-order valence-electron chi connectivity index (χ1n) is 6.53. The number of aromatic nitrogens is 2.